The first kappa shape index (κ1) is 16.4. The minimum atomic E-state index is -0.308. The smallest absolute Gasteiger partial charge is 0.274 e. The van der Waals surface area contributed by atoms with E-state index in [1.54, 1.807) is 54.9 Å². The first-order chi connectivity index (χ1) is 12.4. The number of benzene rings is 1. The fourth-order valence-corrected chi connectivity index (χ4v) is 3.12. The summed E-state index contributed by atoms with van der Waals surface area (Å²) in [5.74, 6) is 0.118. The molecule has 132 valence electrons. The highest BCUT2D eigenvalue weighted by Gasteiger charge is 2.23. The summed E-state index contributed by atoms with van der Waals surface area (Å²) >= 11 is 6.04. The Hall–Kier alpha value is -3.06. The second-order valence-corrected chi connectivity index (χ2v) is 6.44. The minimum Gasteiger partial charge on any atom is -0.481 e. The van der Waals surface area contributed by atoms with Gasteiger partial charge in [-0.2, -0.15) is 0 Å². The number of nitrogens with zero attached hydrogens (tertiary/aromatic N) is 3. The van der Waals surface area contributed by atoms with Gasteiger partial charge in [0.05, 0.1) is 16.4 Å². The number of imidazole rings is 1. The number of aryl methyl sites for hydroxylation is 1. The predicted octanol–water partition coefficient (Wildman–Crippen LogP) is 2.90. The number of fused-ring (bicyclic) bond motifs is 2. The summed E-state index contributed by atoms with van der Waals surface area (Å²) in [6.45, 7) is 1.75. The Kier molecular flexibility index (Phi) is 3.81. The summed E-state index contributed by atoms with van der Waals surface area (Å²) in [6, 6.07) is 8.64. The molecule has 1 aliphatic heterocycles. The SMILES string of the molecule is Cc1nc2ccc(Cl)cn2c1C(=O)Nc1ccc2c(c1)OCC(=O)N2C. The van der Waals surface area contributed by atoms with E-state index in [1.807, 2.05) is 0 Å². The van der Waals surface area contributed by atoms with E-state index < -0.39 is 0 Å². The Morgan fingerprint density at radius 2 is 2.12 bits per heavy atom. The van der Waals surface area contributed by atoms with Gasteiger partial charge >= 0.3 is 0 Å². The topological polar surface area (TPSA) is 75.9 Å². The van der Waals surface area contributed by atoms with Crippen LogP contribution in [0.25, 0.3) is 5.65 Å². The lowest BCUT2D eigenvalue weighted by atomic mass is 10.2. The molecule has 8 heteroatoms. The number of hydrogen-bond acceptors (Lipinski definition) is 4. The molecular weight excluding hydrogens is 356 g/mol. The number of pyridine rings is 1. The van der Waals surface area contributed by atoms with Crippen LogP contribution in [0.3, 0.4) is 0 Å². The maximum atomic E-state index is 12.8. The molecule has 0 radical (unpaired) electrons. The molecule has 1 N–H and O–H groups in total. The van der Waals surface area contributed by atoms with Crippen molar-refractivity contribution in [2.24, 2.45) is 0 Å². The van der Waals surface area contributed by atoms with Gasteiger partial charge in [0.25, 0.3) is 11.8 Å². The van der Waals surface area contributed by atoms with Crippen molar-refractivity contribution in [1.29, 1.82) is 0 Å². The molecule has 26 heavy (non-hydrogen) atoms. The van der Waals surface area contributed by atoms with E-state index >= 15 is 0 Å². The summed E-state index contributed by atoms with van der Waals surface area (Å²) in [7, 11) is 1.69. The third-order valence-electron chi connectivity index (χ3n) is 4.28. The number of rotatable bonds is 2. The van der Waals surface area contributed by atoms with Crippen LogP contribution < -0.4 is 15.0 Å². The zero-order chi connectivity index (χ0) is 18.4. The van der Waals surface area contributed by atoms with Crippen LogP contribution in [-0.2, 0) is 4.79 Å². The number of carbonyl (C=O) groups is 2. The second-order valence-electron chi connectivity index (χ2n) is 6.00. The average molecular weight is 371 g/mol. The number of hydrogen-bond donors (Lipinski definition) is 1. The first-order valence-electron chi connectivity index (χ1n) is 7.93. The number of ether oxygens (including phenoxy) is 1. The highest BCUT2D eigenvalue weighted by molar-refractivity contribution is 6.30. The Bertz CT molecular complexity index is 1060. The lowest BCUT2D eigenvalue weighted by Crippen LogP contribution is -2.35. The molecule has 0 saturated carbocycles. The van der Waals surface area contributed by atoms with Gasteiger partial charge in [-0.15, -0.1) is 0 Å². The third-order valence-corrected chi connectivity index (χ3v) is 4.50. The number of aromatic nitrogens is 2. The Morgan fingerprint density at radius 1 is 1.31 bits per heavy atom. The van der Waals surface area contributed by atoms with Crippen LogP contribution in [0.4, 0.5) is 11.4 Å². The van der Waals surface area contributed by atoms with E-state index in [0.29, 0.717) is 39.2 Å². The first-order valence-corrected chi connectivity index (χ1v) is 8.31. The number of halogens is 1. The second kappa shape index (κ2) is 6.03. The monoisotopic (exact) mass is 370 g/mol. The van der Waals surface area contributed by atoms with Crippen LogP contribution in [0, 0.1) is 6.92 Å². The standard InChI is InChI=1S/C18H15ClN4O3/c1-10-17(23-8-11(19)3-6-15(23)20-10)18(25)21-12-4-5-13-14(7-12)26-9-16(24)22(13)2/h3-8H,9H2,1-2H3,(H,21,25). The Balaban J connectivity index is 1.66. The van der Waals surface area contributed by atoms with Crippen molar-refractivity contribution in [3.63, 3.8) is 0 Å². The van der Waals surface area contributed by atoms with E-state index in [2.05, 4.69) is 10.3 Å². The molecule has 2 amide bonds. The lowest BCUT2D eigenvalue weighted by molar-refractivity contribution is -0.120. The largest absolute Gasteiger partial charge is 0.481 e. The van der Waals surface area contributed by atoms with Crippen molar-refractivity contribution < 1.29 is 14.3 Å². The molecule has 0 saturated heterocycles. The summed E-state index contributed by atoms with van der Waals surface area (Å²) in [4.78, 5) is 30.4. The molecule has 0 aliphatic carbocycles. The van der Waals surface area contributed by atoms with Gasteiger partial charge in [-0.1, -0.05) is 11.6 Å². The molecule has 0 atom stereocenters. The van der Waals surface area contributed by atoms with Gasteiger partial charge in [0, 0.05) is 25.0 Å². The molecule has 2 aromatic heterocycles. The molecule has 4 rings (SSSR count). The van der Waals surface area contributed by atoms with Crippen LogP contribution in [0.15, 0.2) is 36.5 Å². The summed E-state index contributed by atoms with van der Waals surface area (Å²) in [5, 5.41) is 3.36. The molecule has 0 fully saturated rings. The van der Waals surface area contributed by atoms with Crippen molar-refractivity contribution in [1.82, 2.24) is 9.38 Å². The maximum absolute atomic E-state index is 12.8. The number of carbonyl (C=O) groups excluding carboxylic acids is 2. The minimum absolute atomic E-state index is 0.0221. The number of anilines is 2. The molecule has 0 spiro atoms. The van der Waals surface area contributed by atoms with E-state index in [1.165, 1.54) is 4.90 Å². The van der Waals surface area contributed by atoms with Gasteiger partial charge in [0.15, 0.2) is 6.61 Å². The summed E-state index contributed by atoms with van der Waals surface area (Å²) in [5.41, 5.74) is 2.88. The third kappa shape index (κ3) is 2.66. The zero-order valence-electron chi connectivity index (χ0n) is 14.1. The van der Waals surface area contributed by atoms with Crippen molar-refractivity contribution in [3.8, 4) is 5.75 Å². The predicted molar refractivity (Wildman–Crippen MR) is 98.2 cm³/mol. The van der Waals surface area contributed by atoms with Crippen LogP contribution >= 0.6 is 11.6 Å². The van der Waals surface area contributed by atoms with Crippen molar-refractivity contribution in [2.45, 2.75) is 6.92 Å². The Labute approximate surface area is 154 Å². The van der Waals surface area contributed by atoms with Gasteiger partial charge < -0.3 is 15.0 Å². The van der Waals surface area contributed by atoms with Crippen molar-refractivity contribution in [2.75, 3.05) is 23.9 Å². The van der Waals surface area contributed by atoms with Crippen molar-refractivity contribution >= 4 is 40.4 Å². The fraction of sp³-hybridized carbons (Fsp3) is 0.167. The molecule has 3 aromatic rings. The van der Waals surface area contributed by atoms with Gasteiger partial charge in [0.1, 0.15) is 17.1 Å². The molecule has 0 unspecified atom stereocenters. The van der Waals surface area contributed by atoms with Gasteiger partial charge in [-0.05, 0) is 31.2 Å². The molecule has 0 bridgehead atoms. The summed E-state index contributed by atoms with van der Waals surface area (Å²) in [6.07, 6.45) is 1.66. The van der Waals surface area contributed by atoms with Crippen LogP contribution in [0.5, 0.6) is 5.75 Å². The quantitative estimate of drug-likeness (QED) is 0.752. The van der Waals surface area contributed by atoms with Crippen LogP contribution in [-0.4, -0.2) is 34.9 Å². The maximum Gasteiger partial charge on any atom is 0.274 e. The zero-order valence-corrected chi connectivity index (χ0v) is 14.9. The number of amides is 2. The van der Waals surface area contributed by atoms with Crippen LogP contribution in [0.2, 0.25) is 5.02 Å². The molecular formula is C18H15ClN4O3. The molecule has 1 aromatic carbocycles. The normalized spacial score (nSPS) is 13.5. The molecule has 3 heterocycles. The number of likely N-dealkylation sites (N-methyl/N-ethyl adjacent to an activating group) is 1. The van der Waals surface area contributed by atoms with Gasteiger partial charge in [0.2, 0.25) is 0 Å². The van der Waals surface area contributed by atoms with Crippen molar-refractivity contribution in [3.05, 3.63) is 52.9 Å². The highest BCUT2D eigenvalue weighted by Crippen LogP contribution is 2.33. The number of nitrogens with one attached hydrogen (secondary N) is 1. The Morgan fingerprint density at radius 3 is 2.92 bits per heavy atom. The lowest BCUT2D eigenvalue weighted by Gasteiger charge is -2.26. The van der Waals surface area contributed by atoms with Gasteiger partial charge in [-0.25, -0.2) is 4.98 Å². The fourth-order valence-electron chi connectivity index (χ4n) is 2.96. The highest BCUT2D eigenvalue weighted by atomic mass is 35.5. The van der Waals surface area contributed by atoms with Crippen LogP contribution in [0.1, 0.15) is 16.2 Å². The van der Waals surface area contributed by atoms with E-state index in [9.17, 15) is 9.59 Å². The van der Waals surface area contributed by atoms with Gasteiger partial charge in [-0.3, -0.25) is 14.0 Å². The van der Waals surface area contributed by atoms with E-state index in [-0.39, 0.29) is 18.4 Å². The summed E-state index contributed by atoms with van der Waals surface area (Å²) < 4.78 is 7.11. The van der Waals surface area contributed by atoms with E-state index in [0.717, 1.165) is 0 Å². The van der Waals surface area contributed by atoms with E-state index in [4.69, 9.17) is 16.3 Å². The molecule has 1 aliphatic rings. The molecule has 7 nitrogen and oxygen atoms in total. The average Bonchev–Trinajstić information content (AvgIpc) is 2.93.